The number of nitrogens with zero attached hydrogens (tertiary/aromatic N) is 2. The summed E-state index contributed by atoms with van der Waals surface area (Å²) in [6.07, 6.45) is -3.70. The van der Waals surface area contributed by atoms with Crippen molar-refractivity contribution in [3.63, 3.8) is 0 Å². The second-order valence-corrected chi connectivity index (χ2v) is 20.2. The van der Waals surface area contributed by atoms with Crippen LogP contribution in [-0.4, -0.2) is 139 Å². The first-order valence-electron chi connectivity index (χ1n) is 22.4. The Hall–Kier alpha value is -2.65. The number of ether oxygens (including phenoxy) is 5. The average molecular weight is 865 g/mol. The normalized spacial score (nSPS) is 23.7. The van der Waals surface area contributed by atoms with Crippen molar-refractivity contribution in [3.05, 3.63) is 29.3 Å². The lowest BCUT2D eigenvalue weighted by molar-refractivity contribution is -0.299. The standard InChI is InChI=1S/C48H84N2O11/c1-18-38(48(13,56)41(52)29(2)3)59-43(53)35(9)39(51)34(8)42(47(12,55)26-31(5)27-49(14)15)61-44-40(36(28-50(16)17)25-33(7)58-44)60-45(54)46(10,11)22-19-23-57-37-24-30(4)20-21-32(37)6/h20-21,24,29,31,33-36,38,40-42,44,52,55-56H,18-19,22-23,25-28H2,1-17H3/t31-,33-,34+,35-,36-,38-,40-,41-,42-,44+,47-,48-/m1/s1. The molecule has 0 spiro atoms. The molecule has 1 aliphatic heterocycles. The quantitative estimate of drug-likeness (QED) is 0.0565. The minimum Gasteiger partial charge on any atom is -0.493 e. The number of hydrogen-bond acceptors (Lipinski definition) is 13. The maximum absolute atomic E-state index is 14.4. The molecule has 1 aromatic carbocycles. The van der Waals surface area contributed by atoms with Crippen LogP contribution in [0.1, 0.15) is 119 Å². The van der Waals surface area contributed by atoms with Gasteiger partial charge in [0, 0.05) is 24.9 Å². The summed E-state index contributed by atoms with van der Waals surface area (Å²) in [5.41, 5.74) is -2.12. The number of aliphatic hydroxyl groups excluding tert-OH is 1. The monoisotopic (exact) mass is 865 g/mol. The fourth-order valence-electron chi connectivity index (χ4n) is 8.84. The van der Waals surface area contributed by atoms with E-state index in [-0.39, 0.29) is 36.7 Å². The number of Topliss-reactive ketones (excluding diaryl/α,β-unsaturated/α-hetero) is 1. The van der Waals surface area contributed by atoms with Crippen molar-refractivity contribution < 1.29 is 53.4 Å². The maximum Gasteiger partial charge on any atom is 0.316 e. The van der Waals surface area contributed by atoms with Crippen molar-refractivity contribution >= 4 is 17.7 Å². The van der Waals surface area contributed by atoms with Crippen LogP contribution >= 0.6 is 0 Å². The van der Waals surface area contributed by atoms with Gasteiger partial charge in [0.1, 0.15) is 23.4 Å². The number of benzene rings is 1. The van der Waals surface area contributed by atoms with Gasteiger partial charge in [0.15, 0.2) is 18.2 Å². The second kappa shape index (κ2) is 23.3. The molecule has 0 aliphatic carbocycles. The van der Waals surface area contributed by atoms with Gasteiger partial charge in [-0.2, -0.15) is 0 Å². The van der Waals surface area contributed by atoms with Crippen molar-refractivity contribution in [3.8, 4) is 5.75 Å². The van der Waals surface area contributed by atoms with Crippen LogP contribution in [0.25, 0.3) is 0 Å². The molecule has 13 heteroatoms. The molecule has 0 bridgehead atoms. The summed E-state index contributed by atoms with van der Waals surface area (Å²) in [4.78, 5) is 46.3. The van der Waals surface area contributed by atoms with E-state index in [0.717, 1.165) is 16.9 Å². The summed E-state index contributed by atoms with van der Waals surface area (Å²) in [6.45, 7) is 24.6. The zero-order valence-corrected chi connectivity index (χ0v) is 40.7. The summed E-state index contributed by atoms with van der Waals surface area (Å²) in [5.74, 6) is -3.94. The molecule has 1 heterocycles. The molecule has 2 rings (SSSR count). The lowest BCUT2D eigenvalue weighted by Gasteiger charge is -2.46. The summed E-state index contributed by atoms with van der Waals surface area (Å²) in [7, 11) is 7.78. The fourth-order valence-corrected chi connectivity index (χ4v) is 8.84. The highest BCUT2D eigenvalue weighted by molar-refractivity contribution is 6.00. The van der Waals surface area contributed by atoms with Crippen LogP contribution in [0.4, 0.5) is 0 Å². The van der Waals surface area contributed by atoms with Crippen LogP contribution in [0, 0.1) is 48.9 Å². The zero-order valence-electron chi connectivity index (χ0n) is 40.7. The van der Waals surface area contributed by atoms with Gasteiger partial charge in [-0.25, -0.2) is 0 Å². The maximum atomic E-state index is 14.4. The highest BCUT2D eigenvalue weighted by atomic mass is 16.7. The molecule has 1 fully saturated rings. The van der Waals surface area contributed by atoms with Gasteiger partial charge in [-0.05, 0) is 145 Å². The third-order valence-electron chi connectivity index (χ3n) is 12.2. The summed E-state index contributed by atoms with van der Waals surface area (Å²) in [6, 6.07) is 6.07. The third kappa shape index (κ3) is 15.8. The van der Waals surface area contributed by atoms with E-state index in [4.69, 9.17) is 23.7 Å². The molecule has 3 N–H and O–H groups in total. The number of hydrogen-bond donors (Lipinski definition) is 3. The van der Waals surface area contributed by atoms with E-state index in [1.807, 2.05) is 97.7 Å². The van der Waals surface area contributed by atoms with E-state index in [1.165, 1.54) is 13.8 Å². The van der Waals surface area contributed by atoms with E-state index in [0.29, 0.717) is 39.0 Å². The van der Waals surface area contributed by atoms with Crippen LogP contribution in [0.2, 0.25) is 0 Å². The highest BCUT2D eigenvalue weighted by Crippen LogP contribution is 2.38. The molecule has 1 aliphatic rings. The molecule has 1 aromatic rings. The molecule has 0 amide bonds. The fraction of sp³-hybridized carbons (Fsp3) is 0.812. The Morgan fingerprint density at radius 2 is 1.59 bits per heavy atom. The topological polar surface area (TPSA) is 165 Å². The van der Waals surface area contributed by atoms with Gasteiger partial charge in [0.25, 0.3) is 0 Å². The van der Waals surface area contributed by atoms with Crippen LogP contribution in [0.15, 0.2) is 18.2 Å². The Morgan fingerprint density at radius 1 is 0.967 bits per heavy atom. The smallest absolute Gasteiger partial charge is 0.316 e. The number of ketones is 1. The molecular formula is C48H84N2O11. The van der Waals surface area contributed by atoms with Gasteiger partial charge in [-0.3, -0.25) is 14.4 Å². The van der Waals surface area contributed by atoms with Crippen molar-refractivity contribution in [2.45, 2.75) is 170 Å². The zero-order chi connectivity index (χ0) is 46.8. The minimum absolute atomic E-state index is 0.0263. The average Bonchev–Trinajstić information content (AvgIpc) is 3.14. The van der Waals surface area contributed by atoms with E-state index >= 15 is 0 Å². The molecule has 61 heavy (non-hydrogen) atoms. The molecule has 12 atom stereocenters. The number of esters is 2. The van der Waals surface area contributed by atoms with E-state index in [9.17, 15) is 29.7 Å². The molecular weight excluding hydrogens is 781 g/mol. The van der Waals surface area contributed by atoms with Crippen LogP contribution in [-0.2, 0) is 33.3 Å². The van der Waals surface area contributed by atoms with E-state index < -0.39 is 76.9 Å². The Labute approximate surface area is 368 Å². The Bertz CT molecular complexity index is 1540. The van der Waals surface area contributed by atoms with Crippen molar-refractivity contribution in [2.24, 2.45) is 35.0 Å². The first-order chi connectivity index (χ1) is 28.0. The van der Waals surface area contributed by atoms with Gasteiger partial charge in [-0.15, -0.1) is 0 Å². The minimum atomic E-state index is -1.77. The van der Waals surface area contributed by atoms with Gasteiger partial charge in [0.05, 0.1) is 35.9 Å². The number of aliphatic hydroxyl groups is 3. The van der Waals surface area contributed by atoms with E-state index in [1.54, 1.807) is 34.6 Å². The van der Waals surface area contributed by atoms with Gasteiger partial charge in [-0.1, -0.05) is 46.8 Å². The number of rotatable bonds is 25. The van der Waals surface area contributed by atoms with Gasteiger partial charge >= 0.3 is 11.9 Å². The molecule has 13 nitrogen and oxygen atoms in total. The van der Waals surface area contributed by atoms with Crippen molar-refractivity contribution in [1.29, 1.82) is 0 Å². The predicted octanol–water partition coefficient (Wildman–Crippen LogP) is 6.37. The lowest BCUT2D eigenvalue weighted by atomic mass is 9.78. The molecule has 0 unspecified atom stereocenters. The first kappa shape index (κ1) is 54.5. The molecule has 352 valence electrons. The Morgan fingerprint density at radius 3 is 2.15 bits per heavy atom. The van der Waals surface area contributed by atoms with Crippen LogP contribution < -0.4 is 4.74 Å². The highest BCUT2D eigenvalue weighted by Gasteiger charge is 2.50. The summed E-state index contributed by atoms with van der Waals surface area (Å²) >= 11 is 0. The largest absolute Gasteiger partial charge is 0.493 e. The van der Waals surface area contributed by atoms with Gasteiger partial charge < -0.3 is 48.8 Å². The number of aryl methyl sites for hydroxylation is 2. The molecule has 0 aromatic heterocycles. The number of carbonyl (C=O) groups is 3. The molecule has 1 saturated heterocycles. The number of carbonyl (C=O) groups excluding carboxylic acids is 3. The van der Waals surface area contributed by atoms with Crippen LogP contribution in [0.5, 0.6) is 5.75 Å². The van der Waals surface area contributed by atoms with Crippen LogP contribution in [0.3, 0.4) is 0 Å². The first-order valence-corrected chi connectivity index (χ1v) is 22.4. The van der Waals surface area contributed by atoms with Gasteiger partial charge in [0.2, 0.25) is 0 Å². The lowest BCUT2D eigenvalue weighted by Crippen LogP contribution is -2.57. The Kier molecular flexibility index (Phi) is 20.8. The second-order valence-electron chi connectivity index (χ2n) is 20.2. The summed E-state index contributed by atoms with van der Waals surface area (Å²) < 4.78 is 31.5. The summed E-state index contributed by atoms with van der Waals surface area (Å²) in [5, 5.41) is 34.4. The van der Waals surface area contributed by atoms with E-state index in [2.05, 4.69) is 0 Å². The SMILES string of the molecule is CC[C@@H](OC(=O)[C@H](C)C(=O)[C@H](C)[C@@H](O[C@@H]1O[C@H](C)C[C@H](CN(C)C)[C@H]1OC(=O)C(C)(C)CCCOc1cc(C)ccc1C)[C@](C)(O)C[C@@H](C)CN(C)C)[C@@](C)(O)[C@H](O)C(C)C. The third-order valence-corrected chi connectivity index (χ3v) is 12.2. The molecule has 0 radical (unpaired) electrons. The molecule has 0 saturated carbocycles. The van der Waals surface area contributed by atoms with Crippen molar-refractivity contribution in [2.75, 3.05) is 47.9 Å². The Balaban J connectivity index is 2.48. The van der Waals surface area contributed by atoms with Crippen molar-refractivity contribution in [1.82, 2.24) is 9.80 Å². The predicted molar refractivity (Wildman–Crippen MR) is 238 cm³/mol.